The number of rotatable bonds is 10. The minimum atomic E-state index is -1.38. The van der Waals surface area contributed by atoms with Crippen molar-refractivity contribution >= 4 is 35.7 Å². The number of nitrogens with zero attached hydrogens (tertiary/aromatic N) is 3. The van der Waals surface area contributed by atoms with Gasteiger partial charge in [-0.1, -0.05) is 74.5 Å². The molecule has 9 nitrogen and oxygen atoms in total. The van der Waals surface area contributed by atoms with Gasteiger partial charge in [0, 0.05) is 25.1 Å². The molecule has 2 aromatic rings. The van der Waals surface area contributed by atoms with Crippen LogP contribution in [0.3, 0.4) is 0 Å². The first-order valence-corrected chi connectivity index (χ1v) is 12.5. The second kappa shape index (κ2) is 12.3. The van der Waals surface area contributed by atoms with Gasteiger partial charge in [0.1, 0.15) is 12.1 Å². The zero-order chi connectivity index (χ0) is 28.0. The Morgan fingerprint density at radius 3 is 2.05 bits per heavy atom. The quantitative estimate of drug-likeness (QED) is 0.271. The SMILES string of the molecule is CC(=O)N([C@@H](Cc1ccccc1)C(=O)C(=O)OC(C)C)N1C(=O)C(C(C)C)N(C=O)C=C1c1ccccc1. The lowest BCUT2D eigenvalue weighted by Gasteiger charge is -2.46. The number of hydrogen-bond acceptors (Lipinski definition) is 6. The third-order valence-corrected chi connectivity index (χ3v) is 6.06. The van der Waals surface area contributed by atoms with Gasteiger partial charge in [-0.25, -0.2) is 14.8 Å². The molecule has 1 aliphatic rings. The Balaban J connectivity index is 2.23. The van der Waals surface area contributed by atoms with E-state index < -0.39 is 41.8 Å². The summed E-state index contributed by atoms with van der Waals surface area (Å²) in [6.07, 6.45) is 1.45. The minimum Gasteiger partial charge on any atom is -0.457 e. The van der Waals surface area contributed by atoms with Crippen LogP contribution in [0.25, 0.3) is 5.70 Å². The summed E-state index contributed by atoms with van der Waals surface area (Å²) >= 11 is 0. The highest BCUT2D eigenvalue weighted by Crippen LogP contribution is 2.32. The molecule has 9 heteroatoms. The summed E-state index contributed by atoms with van der Waals surface area (Å²) in [6.45, 7) is 8.02. The molecule has 0 bridgehead atoms. The van der Waals surface area contributed by atoms with Gasteiger partial charge in [-0.3, -0.25) is 19.2 Å². The highest BCUT2D eigenvalue weighted by Gasteiger charge is 2.46. The molecule has 0 radical (unpaired) electrons. The first-order valence-electron chi connectivity index (χ1n) is 12.5. The van der Waals surface area contributed by atoms with E-state index in [0.717, 1.165) is 10.0 Å². The molecule has 38 heavy (non-hydrogen) atoms. The molecule has 0 fully saturated rings. The molecule has 2 atom stereocenters. The Labute approximate surface area is 222 Å². The van der Waals surface area contributed by atoms with Crippen molar-refractivity contribution in [2.24, 2.45) is 5.92 Å². The van der Waals surface area contributed by atoms with Crippen molar-refractivity contribution in [2.45, 2.75) is 59.2 Å². The van der Waals surface area contributed by atoms with Gasteiger partial charge in [0.25, 0.3) is 11.7 Å². The number of benzene rings is 2. The molecule has 0 aromatic heterocycles. The van der Waals surface area contributed by atoms with E-state index in [1.165, 1.54) is 18.0 Å². The third-order valence-electron chi connectivity index (χ3n) is 6.06. The largest absolute Gasteiger partial charge is 0.457 e. The Kier molecular flexibility index (Phi) is 9.17. The number of carbonyl (C=O) groups excluding carboxylic acids is 5. The Morgan fingerprint density at radius 1 is 0.974 bits per heavy atom. The maximum absolute atomic E-state index is 14.1. The number of Topliss-reactive ketones (excluding diaryl/α,β-unsaturated/α-hetero) is 1. The molecule has 1 unspecified atom stereocenters. The average molecular weight is 520 g/mol. The average Bonchev–Trinajstić information content (AvgIpc) is 2.88. The van der Waals surface area contributed by atoms with Gasteiger partial charge in [-0.15, -0.1) is 0 Å². The fourth-order valence-electron chi connectivity index (χ4n) is 4.44. The van der Waals surface area contributed by atoms with Crippen LogP contribution in [-0.4, -0.2) is 63.1 Å². The van der Waals surface area contributed by atoms with Crippen molar-refractivity contribution < 1.29 is 28.7 Å². The van der Waals surface area contributed by atoms with Crippen molar-refractivity contribution in [1.82, 2.24) is 14.9 Å². The predicted molar refractivity (Wildman–Crippen MR) is 140 cm³/mol. The monoisotopic (exact) mass is 519 g/mol. The van der Waals surface area contributed by atoms with Crippen LogP contribution in [0.5, 0.6) is 0 Å². The Morgan fingerprint density at radius 2 is 1.55 bits per heavy atom. The molecule has 1 heterocycles. The van der Waals surface area contributed by atoms with Crippen LogP contribution in [-0.2, 0) is 35.1 Å². The van der Waals surface area contributed by atoms with Crippen molar-refractivity contribution in [3.63, 3.8) is 0 Å². The smallest absolute Gasteiger partial charge is 0.377 e. The summed E-state index contributed by atoms with van der Waals surface area (Å²) in [4.78, 5) is 67.0. The van der Waals surface area contributed by atoms with Gasteiger partial charge in [0.05, 0.1) is 11.8 Å². The maximum atomic E-state index is 14.1. The summed E-state index contributed by atoms with van der Waals surface area (Å²) < 4.78 is 5.18. The number of amides is 3. The van der Waals surface area contributed by atoms with Crippen molar-refractivity contribution in [2.75, 3.05) is 0 Å². The van der Waals surface area contributed by atoms with E-state index >= 15 is 0 Å². The van der Waals surface area contributed by atoms with Crippen LogP contribution in [0, 0.1) is 5.92 Å². The minimum absolute atomic E-state index is 0.0396. The number of hydrogen-bond donors (Lipinski definition) is 0. The highest BCUT2D eigenvalue weighted by atomic mass is 16.5. The standard InChI is InChI=1S/C29H33N3O6/c1-19(2)26-28(36)32(25(17-30(26)18-33)23-14-10-7-11-15-23)31(21(5)34)24(16-22-12-8-6-9-13-22)27(35)29(37)38-20(3)4/h6-15,17-20,24,26H,16H2,1-5H3/t24-,26?/m0/s1. The lowest BCUT2D eigenvalue weighted by Crippen LogP contribution is -2.63. The van der Waals surface area contributed by atoms with E-state index in [1.54, 1.807) is 82.3 Å². The normalized spacial score (nSPS) is 16.2. The van der Waals surface area contributed by atoms with E-state index in [0.29, 0.717) is 17.5 Å². The van der Waals surface area contributed by atoms with Gasteiger partial charge in [0.2, 0.25) is 12.3 Å². The van der Waals surface area contributed by atoms with Gasteiger partial charge >= 0.3 is 5.97 Å². The van der Waals surface area contributed by atoms with Gasteiger partial charge in [0.15, 0.2) is 0 Å². The van der Waals surface area contributed by atoms with Crippen LogP contribution in [0.15, 0.2) is 66.9 Å². The lowest BCUT2D eigenvalue weighted by molar-refractivity contribution is -0.172. The number of hydrazine groups is 1. The van der Waals surface area contributed by atoms with E-state index in [2.05, 4.69) is 0 Å². The molecule has 3 rings (SSSR count). The Bertz CT molecular complexity index is 1210. The lowest BCUT2D eigenvalue weighted by atomic mass is 9.97. The molecular formula is C29H33N3O6. The second-order valence-corrected chi connectivity index (χ2v) is 9.66. The first-order chi connectivity index (χ1) is 18.1. The predicted octanol–water partition coefficient (Wildman–Crippen LogP) is 3.21. The zero-order valence-electron chi connectivity index (χ0n) is 22.2. The number of ketones is 1. The summed E-state index contributed by atoms with van der Waals surface area (Å²) in [6, 6.07) is 15.3. The van der Waals surface area contributed by atoms with Crippen LogP contribution >= 0.6 is 0 Å². The maximum Gasteiger partial charge on any atom is 0.377 e. The van der Waals surface area contributed by atoms with E-state index in [-0.39, 0.29) is 18.0 Å². The highest BCUT2D eigenvalue weighted by molar-refractivity contribution is 6.36. The first kappa shape index (κ1) is 28.3. The van der Waals surface area contributed by atoms with Crippen molar-refractivity contribution in [1.29, 1.82) is 0 Å². The molecule has 1 aliphatic heterocycles. The van der Waals surface area contributed by atoms with E-state index in [9.17, 15) is 24.0 Å². The molecule has 0 saturated heterocycles. The van der Waals surface area contributed by atoms with Crippen molar-refractivity contribution in [3.05, 3.63) is 78.0 Å². The van der Waals surface area contributed by atoms with Crippen LogP contribution in [0.2, 0.25) is 0 Å². The van der Waals surface area contributed by atoms with Crippen LogP contribution < -0.4 is 0 Å². The third kappa shape index (κ3) is 6.16. The molecule has 0 saturated carbocycles. The molecule has 2 aromatic carbocycles. The van der Waals surface area contributed by atoms with Crippen molar-refractivity contribution in [3.8, 4) is 0 Å². The molecular weight excluding hydrogens is 486 g/mol. The van der Waals surface area contributed by atoms with Gasteiger partial charge in [-0.05, 0) is 25.3 Å². The fraction of sp³-hybridized carbons (Fsp3) is 0.345. The summed E-state index contributed by atoms with van der Waals surface area (Å²) in [7, 11) is 0. The number of esters is 1. The van der Waals surface area contributed by atoms with E-state index in [4.69, 9.17) is 4.74 Å². The van der Waals surface area contributed by atoms with Crippen LogP contribution in [0.1, 0.15) is 45.7 Å². The molecule has 0 spiro atoms. The molecule has 3 amide bonds. The number of carbonyl (C=O) groups is 5. The van der Waals surface area contributed by atoms with Gasteiger partial charge < -0.3 is 9.64 Å². The molecule has 200 valence electrons. The Hall–Kier alpha value is -4.27. The zero-order valence-corrected chi connectivity index (χ0v) is 22.2. The second-order valence-electron chi connectivity index (χ2n) is 9.66. The number of ether oxygens (including phenoxy) is 1. The molecule has 0 N–H and O–H groups in total. The van der Waals surface area contributed by atoms with E-state index in [1.807, 2.05) is 6.07 Å². The fourth-order valence-corrected chi connectivity index (χ4v) is 4.44. The summed E-state index contributed by atoms with van der Waals surface area (Å²) in [5, 5.41) is 2.16. The molecule has 0 aliphatic carbocycles. The summed E-state index contributed by atoms with van der Waals surface area (Å²) in [5.41, 5.74) is 1.44. The van der Waals surface area contributed by atoms with Gasteiger partial charge in [-0.2, -0.15) is 0 Å². The topological polar surface area (TPSA) is 104 Å². The van der Waals surface area contributed by atoms with Crippen LogP contribution in [0.4, 0.5) is 0 Å². The summed E-state index contributed by atoms with van der Waals surface area (Å²) in [5.74, 6) is -3.58.